The Hall–Kier alpha value is -2.18. The summed E-state index contributed by atoms with van der Waals surface area (Å²) >= 11 is 0. The van der Waals surface area contributed by atoms with Crippen molar-refractivity contribution in [3.8, 4) is 0 Å². The molecule has 0 aromatic heterocycles. The van der Waals surface area contributed by atoms with Crippen LogP contribution in [0.15, 0.2) is 42.6 Å². The molecule has 1 heterocycles. The third kappa shape index (κ3) is 5.49. The molecular weight excluding hydrogens is 381 g/mol. The van der Waals surface area contributed by atoms with Crippen molar-refractivity contribution in [2.45, 2.75) is 63.8 Å². The average molecular weight is 416 g/mol. The summed E-state index contributed by atoms with van der Waals surface area (Å²) in [6.07, 6.45) is 4.82. The number of halogens is 1. The number of benzene rings is 1. The van der Waals surface area contributed by atoms with Gasteiger partial charge in [0.25, 0.3) is 0 Å². The van der Waals surface area contributed by atoms with Crippen LogP contribution >= 0.6 is 0 Å². The van der Waals surface area contributed by atoms with Gasteiger partial charge in [-0.3, -0.25) is 4.79 Å². The molecule has 1 aliphatic heterocycles. The van der Waals surface area contributed by atoms with Crippen molar-refractivity contribution >= 4 is 11.6 Å². The molecule has 2 aliphatic rings. The average Bonchev–Trinajstić information content (AvgIpc) is 2.71. The highest BCUT2D eigenvalue weighted by atomic mass is 19.1. The summed E-state index contributed by atoms with van der Waals surface area (Å²) in [5, 5.41) is 20.5. The lowest BCUT2D eigenvalue weighted by atomic mass is 9.82. The Balaban J connectivity index is 1.45. The highest BCUT2D eigenvalue weighted by Gasteiger charge is 2.37. The van der Waals surface area contributed by atoms with Gasteiger partial charge in [0.2, 0.25) is 5.91 Å². The Kier molecular flexibility index (Phi) is 7.32. The molecule has 1 aromatic carbocycles. The van der Waals surface area contributed by atoms with Gasteiger partial charge in [0.15, 0.2) is 0 Å². The number of hydrogen-bond acceptors (Lipinski definition) is 4. The van der Waals surface area contributed by atoms with Gasteiger partial charge in [0.05, 0.1) is 0 Å². The zero-order chi connectivity index (χ0) is 21.7. The molecule has 5 nitrogen and oxygen atoms in total. The van der Waals surface area contributed by atoms with Crippen LogP contribution in [-0.4, -0.2) is 35.7 Å². The maximum absolute atomic E-state index is 12.9. The minimum Gasteiger partial charge on any atom is -0.383 e. The summed E-state index contributed by atoms with van der Waals surface area (Å²) in [7, 11) is 0. The number of carbonyl (C=O) groups excluding carboxylic acids is 1. The molecule has 0 radical (unpaired) electrons. The van der Waals surface area contributed by atoms with Crippen molar-refractivity contribution in [1.82, 2.24) is 10.6 Å². The molecule has 0 bridgehead atoms. The highest BCUT2D eigenvalue weighted by molar-refractivity contribution is 5.91. The molecule has 0 spiro atoms. The van der Waals surface area contributed by atoms with Crippen molar-refractivity contribution in [3.63, 3.8) is 0 Å². The first-order valence-electron chi connectivity index (χ1n) is 10.8. The van der Waals surface area contributed by atoms with Crippen LogP contribution in [0, 0.1) is 12.8 Å². The molecule has 1 atom stereocenters. The standard InChI is InChI=1S/C24H34FN3O2/c1-16-10-20(14-25)12-22(11-16)28-23(29)13-19-4-6-21(7-5-19)27-18(3)24(30)8-9-26-15-17(24)2/h10-12,19,21,26-27,30H,2-9,13-15H2,1H3,(H,28,29)/t19-,21+,24?. The zero-order valence-electron chi connectivity index (χ0n) is 17.9. The van der Waals surface area contributed by atoms with Gasteiger partial charge in [-0.15, -0.1) is 0 Å². The van der Waals surface area contributed by atoms with E-state index in [4.69, 9.17) is 0 Å². The molecule has 2 fully saturated rings. The first-order chi connectivity index (χ1) is 14.3. The van der Waals surface area contributed by atoms with E-state index in [0.29, 0.717) is 42.3 Å². The van der Waals surface area contributed by atoms with E-state index in [0.717, 1.165) is 43.4 Å². The van der Waals surface area contributed by atoms with Crippen molar-refractivity contribution < 1.29 is 14.3 Å². The van der Waals surface area contributed by atoms with E-state index < -0.39 is 12.3 Å². The number of hydrogen-bond donors (Lipinski definition) is 4. The maximum Gasteiger partial charge on any atom is 0.224 e. The van der Waals surface area contributed by atoms with Crippen molar-refractivity contribution in [2.75, 3.05) is 18.4 Å². The zero-order valence-corrected chi connectivity index (χ0v) is 17.9. The Morgan fingerprint density at radius 3 is 2.70 bits per heavy atom. The van der Waals surface area contributed by atoms with Gasteiger partial charge in [-0.05, 0) is 80.3 Å². The Morgan fingerprint density at radius 2 is 2.03 bits per heavy atom. The molecule has 6 heteroatoms. The maximum atomic E-state index is 12.9. The largest absolute Gasteiger partial charge is 0.383 e. The fourth-order valence-electron chi connectivity index (χ4n) is 4.56. The van der Waals surface area contributed by atoms with Gasteiger partial charge in [-0.25, -0.2) is 4.39 Å². The third-order valence-electron chi connectivity index (χ3n) is 6.36. The van der Waals surface area contributed by atoms with Crippen LogP contribution < -0.4 is 16.0 Å². The number of carbonyl (C=O) groups is 1. The van der Waals surface area contributed by atoms with Crippen LogP contribution in [0.1, 0.15) is 49.7 Å². The van der Waals surface area contributed by atoms with Crippen LogP contribution in [-0.2, 0) is 11.5 Å². The van der Waals surface area contributed by atoms with E-state index in [1.165, 1.54) is 0 Å². The minimum atomic E-state index is -1.05. The topological polar surface area (TPSA) is 73.4 Å². The van der Waals surface area contributed by atoms with Crippen molar-refractivity contribution in [3.05, 3.63) is 53.8 Å². The van der Waals surface area contributed by atoms with Crippen LogP contribution in [0.5, 0.6) is 0 Å². The van der Waals surface area contributed by atoms with E-state index in [2.05, 4.69) is 29.1 Å². The number of alkyl halides is 1. The van der Waals surface area contributed by atoms with E-state index in [1.807, 2.05) is 13.0 Å². The van der Waals surface area contributed by atoms with Gasteiger partial charge in [0, 0.05) is 30.4 Å². The number of rotatable bonds is 7. The van der Waals surface area contributed by atoms with Crippen molar-refractivity contribution in [2.24, 2.45) is 5.92 Å². The molecule has 3 rings (SSSR count). The number of aliphatic hydroxyl groups is 1. The molecule has 1 saturated heterocycles. The minimum absolute atomic E-state index is 0.0217. The normalized spacial score (nSPS) is 26.8. The summed E-state index contributed by atoms with van der Waals surface area (Å²) in [6.45, 7) is 10.8. The van der Waals surface area contributed by atoms with Crippen LogP contribution in [0.3, 0.4) is 0 Å². The van der Waals surface area contributed by atoms with Gasteiger partial charge < -0.3 is 21.1 Å². The second-order valence-corrected chi connectivity index (χ2v) is 8.82. The van der Waals surface area contributed by atoms with Crippen LogP contribution in [0.2, 0.25) is 0 Å². The van der Waals surface area contributed by atoms with Gasteiger partial charge in [-0.2, -0.15) is 0 Å². The number of amides is 1. The number of aryl methyl sites for hydroxylation is 1. The third-order valence-corrected chi connectivity index (χ3v) is 6.36. The summed E-state index contributed by atoms with van der Waals surface area (Å²) < 4.78 is 12.9. The lowest BCUT2D eigenvalue weighted by Gasteiger charge is -2.39. The fraction of sp³-hybridized carbons (Fsp3) is 0.542. The smallest absolute Gasteiger partial charge is 0.224 e. The summed E-state index contributed by atoms with van der Waals surface area (Å²) in [5.74, 6) is 0.310. The molecule has 164 valence electrons. The fourth-order valence-corrected chi connectivity index (χ4v) is 4.56. The van der Waals surface area contributed by atoms with E-state index in [1.54, 1.807) is 12.1 Å². The van der Waals surface area contributed by atoms with E-state index in [-0.39, 0.29) is 11.9 Å². The Bertz CT molecular complexity index is 802. The number of anilines is 1. The summed E-state index contributed by atoms with van der Waals surface area (Å²) in [6, 6.07) is 5.60. The molecule has 1 aromatic rings. The molecule has 30 heavy (non-hydrogen) atoms. The molecule has 4 N–H and O–H groups in total. The molecule has 1 amide bonds. The first kappa shape index (κ1) is 22.5. The monoisotopic (exact) mass is 415 g/mol. The highest BCUT2D eigenvalue weighted by Crippen LogP contribution is 2.32. The van der Waals surface area contributed by atoms with Gasteiger partial charge >= 0.3 is 0 Å². The SMILES string of the molecule is C=C1CNCCC1(O)C(=C)N[C@H]1CC[C@@H](CC(=O)Nc2cc(C)cc(CF)c2)CC1. The van der Waals surface area contributed by atoms with E-state index in [9.17, 15) is 14.3 Å². The molecule has 1 aliphatic carbocycles. The Labute approximate surface area is 178 Å². The molecular formula is C24H34FN3O2. The summed E-state index contributed by atoms with van der Waals surface area (Å²) in [4.78, 5) is 12.5. The quantitative estimate of drug-likeness (QED) is 0.512. The second-order valence-electron chi connectivity index (χ2n) is 8.82. The lowest BCUT2D eigenvalue weighted by molar-refractivity contribution is -0.117. The summed E-state index contributed by atoms with van der Waals surface area (Å²) in [5.41, 5.74) is 2.52. The predicted molar refractivity (Wildman–Crippen MR) is 119 cm³/mol. The van der Waals surface area contributed by atoms with Crippen LogP contribution in [0.25, 0.3) is 0 Å². The first-order valence-corrected chi connectivity index (χ1v) is 10.8. The molecule has 1 unspecified atom stereocenters. The Morgan fingerprint density at radius 1 is 1.30 bits per heavy atom. The lowest BCUT2D eigenvalue weighted by Crippen LogP contribution is -2.50. The van der Waals surface area contributed by atoms with Crippen molar-refractivity contribution in [1.29, 1.82) is 0 Å². The second kappa shape index (κ2) is 9.75. The number of nitrogens with one attached hydrogen (secondary N) is 3. The van der Waals surface area contributed by atoms with Crippen LogP contribution in [0.4, 0.5) is 10.1 Å². The van der Waals surface area contributed by atoms with E-state index >= 15 is 0 Å². The number of piperidine rings is 1. The van der Waals surface area contributed by atoms with Gasteiger partial charge in [0.1, 0.15) is 12.3 Å². The molecule has 1 saturated carbocycles. The van der Waals surface area contributed by atoms with Gasteiger partial charge in [-0.1, -0.05) is 19.2 Å². The predicted octanol–water partition coefficient (Wildman–Crippen LogP) is 3.74.